The molecule has 0 radical (unpaired) electrons. The molecule has 2 aromatic rings. The fraction of sp³-hybridized carbons (Fsp3) is 0.333. The molecule has 138 valence electrons. The van der Waals surface area contributed by atoms with Crippen LogP contribution in [-0.2, 0) is 20.9 Å². The second-order valence-corrected chi connectivity index (χ2v) is 7.04. The molecule has 0 saturated heterocycles. The summed E-state index contributed by atoms with van der Waals surface area (Å²) in [5.74, 6) is -0.511. The molecule has 5 heteroatoms. The van der Waals surface area contributed by atoms with Crippen molar-refractivity contribution in [1.82, 2.24) is 5.32 Å². The lowest BCUT2D eigenvalue weighted by Crippen LogP contribution is -2.42. The van der Waals surface area contributed by atoms with Gasteiger partial charge in [-0.15, -0.1) is 0 Å². The predicted molar refractivity (Wildman–Crippen MR) is 101 cm³/mol. The molecule has 0 bridgehead atoms. The number of amides is 1. The quantitative estimate of drug-likeness (QED) is 0.812. The minimum Gasteiger partial charge on any atom is -0.459 e. The first kappa shape index (κ1) is 19.5. The first-order chi connectivity index (χ1) is 12.2. The molecule has 0 aliphatic carbocycles. The van der Waals surface area contributed by atoms with E-state index >= 15 is 0 Å². The lowest BCUT2D eigenvalue weighted by atomic mass is 10.0. The molecule has 5 nitrogen and oxygen atoms in total. The third-order valence-electron chi connectivity index (χ3n) is 3.53. The van der Waals surface area contributed by atoms with Gasteiger partial charge >= 0.3 is 12.1 Å². The molecule has 0 aromatic heterocycles. The monoisotopic (exact) mass is 355 g/mol. The Labute approximate surface area is 154 Å². The summed E-state index contributed by atoms with van der Waals surface area (Å²) >= 11 is 0. The van der Waals surface area contributed by atoms with E-state index in [1.807, 2.05) is 54.6 Å². The molecule has 0 spiro atoms. The number of alkyl carbamates (subject to hydrolysis) is 1. The Bertz CT molecular complexity index is 733. The highest BCUT2D eigenvalue weighted by Gasteiger charge is 2.21. The van der Waals surface area contributed by atoms with Crippen LogP contribution in [0, 0.1) is 0 Å². The molecule has 26 heavy (non-hydrogen) atoms. The summed E-state index contributed by atoms with van der Waals surface area (Å²) in [4.78, 5) is 23.7. The van der Waals surface area contributed by atoms with E-state index in [4.69, 9.17) is 9.47 Å². The lowest BCUT2D eigenvalue weighted by Gasteiger charge is -2.21. The van der Waals surface area contributed by atoms with E-state index in [-0.39, 0.29) is 6.61 Å². The van der Waals surface area contributed by atoms with Crippen LogP contribution in [0.5, 0.6) is 0 Å². The van der Waals surface area contributed by atoms with Gasteiger partial charge in [0.1, 0.15) is 18.2 Å². The van der Waals surface area contributed by atoms with Crippen LogP contribution >= 0.6 is 0 Å². The van der Waals surface area contributed by atoms with Crippen LogP contribution in [0.25, 0.3) is 11.1 Å². The van der Waals surface area contributed by atoms with E-state index in [2.05, 4.69) is 5.32 Å². The van der Waals surface area contributed by atoms with Crippen molar-refractivity contribution in [1.29, 1.82) is 0 Å². The summed E-state index contributed by atoms with van der Waals surface area (Å²) in [6.45, 7) is 6.98. The number of carbonyl (C=O) groups excluding carboxylic acids is 2. The molecule has 1 N–H and O–H groups in total. The average molecular weight is 355 g/mol. The van der Waals surface area contributed by atoms with Gasteiger partial charge in [-0.2, -0.15) is 0 Å². The van der Waals surface area contributed by atoms with Crippen LogP contribution in [0.3, 0.4) is 0 Å². The Morgan fingerprint density at radius 2 is 1.54 bits per heavy atom. The van der Waals surface area contributed by atoms with Crippen molar-refractivity contribution >= 4 is 12.1 Å². The first-order valence-corrected chi connectivity index (χ1v) is 8.55. The fourth-order valence-electron chi connectivity index (χ4n) is 2.25. The van der Waals surface area contributed by atoms with E-state index in [1.54, 1.807) is 27.7 Å². The largest absolute Gasteiger partial charge is 0.459 e. The zero-order valence-corrected chi connectivity index (χ0v) is 15.6. The van der Waals surface area contributed by atoms with Gasteiger partial charge in [-0.1, -0.05) is 54.6 Å². The smallest absolute Gasteiger partial charge is 0.408 e. The molecule has 2 rings (SSSR count). The number of nitrogens with one attached hydrogen (secondary N) is 1. The van der Waals surface area contributed by atoms with Crippen molar-refractivity contribution in [3.05, 3.63) is 60.2 Å². The highest BCUT2D eigenvalue weighted by atomic mass is 16.6. The summed E-state index contributed by atoms with van der Waals surface area (Å²) in [7, 11) is 0. The van der Waals surface area contributed by atoms with Crippen LogP contribution in [0.2, 0.25) is 0 Å². The molecule has 2 aromatic carbocycles. The van der Waals surface area contributed by atoms with E-state index in [1.165, 1.54) is 0 Å². The number of rotatable bonds is 5. The van der Waals surface area contributed by atoms with Gasteiger partial charge in [-0.3, -0.25) is 0 Å². The topological polar surface area (TPSA) is 64.6 Å². The zero-order chi connectivity index (χ0) is 19.2. The molecule has 0 saturated carbocycles. The minimum atomic E-state index is -0.784. The van der Waals surface area contributed by atoms with Crippen molar-refractivity contribution in [2.75, 3.05) is 0 Å². The molecule has 0 heterocycles. The van der Waals surface area contributed by atoms with Crippen molar-refractivity contribution in [2.45, 2.75) is 45.9 Å². The zero-order valence-electron chi connectivity index (χ0n) is 15.6. The second kappa shape index (κ2) is 8.52. The molecule has 0 aliphatic rings. The maximum Gasteiger partial charge on any atom is 0.408 e. The number of benzene rings is 2. The first-order valence-electron chi connectivity index (χ1n) is 8.55. The Balaban J connectivity index is 1.84. The Kier molecular flexibility index (Phi) is 6.39. The number of hydrogen-bond donors (Lipinski definition) is 1. The summed E-state index contributed by atoms with van der Waals surface area (Å²) < 4.78 is 10.4. The van der Waals surface area contributed by atoms with Gasteiger partial charge in [-0.25, -0.2) is 9.59 Å². The molecule has 1 amide bonds. The molecular weight excluding hydrogens is 330 g/mol. The van der Waals surface area contributed by atoms with E-state index in [0.29, 0.717) is 0 Å². The molecular formula is C21H25NO4. The third kappa shape index (κ3) is 6.24. The van der Waals surface area contributed by atoms with Crippen LogP contribution < -0.4 is 5.32 Å². The third-order valence-corrected chi connectivity index (χ3v) is 3.53. The molecule has 1 unspecified atom stereocenters. The van der Waals surface area contributed by atoms with Gasteiger partial charge in [-0.05, 0) is 44.4 Å². The fourth-order valence-corrected chi connectivity index (χ4v) is 2.25. The summed E-state index contributed by atoms with van der Waals surface area (Å²) in [6, 6.07) is 17.1. The van der Waals surface area contributed by atoms with Crippen molar-refractivity contribution in [2.24, 2.45) is 0 Å². The Morgan fingerprint density at radius 3 is 2.12 bits per heavy atom. The Hall–Kier alpha value is -2.82. The maximum atomic E-state index is 12.0. The highest BCUT2D eigenvalue weighted by molar-refractivity contribution is 5.81. The molecule has 0 aliphatic heterocycles. The van der Waals surface area contributed by atoms with E-state index in [0.717, 1.165) is 16.7 Å². The second-order valence-electron chi connectivity index (χ2n) is 7.04. The van der Waals surface area contributed by atoms with Gasteiger partial charge in [0, 0.05) is 0 Å². The van der Waals surface area contributed by atoms with Crippen LogP contribution in [0.1, 0.15) is 33.3 Å². The SMILES string of the molecule is CC(NC(=O)OC(C)(C)C)C(=O)OCc1ccc(-c2ccccc2)cc1. The summed E-state index contributed by atoms with van der Waals surface area (Å²) in [6.07, 6.45) is -0.644. The summed E-state index contributed by atoms with van der Waals surface area (Å²) in [5.41, 5.74) is 2.49. The van der Waals surface area contributed by atoms with Gasteiger partial charge in [0.25, 0.3) is 0 Å². The van der Waals surface area contributed by atoms with Crippen molar-refractivity contribution < 1.29 is 19.1 Å². The van der Waals surface area contributed by atoms with Gasteiger partial charge in [0.2, 0.25) is 0 Å². The van der Waals surface area contributed by atoms with Gasteiger partial charge in [0.15, 0.2) is 0 Å². The number of hydrogen-bond acceptors (Lipinski definition) is 4. The lowest BCUT2D eigenvalue weighted by molar-refractivity contribution is -0.147. The number of carbonyl (C=O) groups is 2. The van der Waals surface area contributed by atoms with Crippen LogP contribution in [0.4, 0.5) is 4.79 Å². The normalized spacial score (nSPS) is 12.2. The predicted octanol–water partition coefficient (Wildman–Crippen LogP) is 4.31. The Morgan fingerprint density at radius 1 is 0.962 bits per heavy atom. The number of ether oxygens (including phenoxy) is 2. The number of esters is 1. The maximum absolute atomic E-state index is 12.0. The van der Waals surface area contributed by atoms with Crippen LogP contribution in [0.15, 0.2) is 54.6 Å². The molecule has 0 fully saturated rings. The van der Waals surface area contributed by atoms with E-state index in [9.17, 15) is 9.59 Å². The minimum absolute atomic E-state index is 0.147. The van der Waals surface area contributed by atoms with Crippen molar-refractivity contribution in [3.63, 3.8) is 0 Å². The van der Waals surface area contributed by atoms with Crippen LogP contribution in [-0.4, -0.2) is 23.7 Å². The summed E-state index contributed by atoms with van der Waals surface area (Å²) in [5, 5.41) is 2.47. The van der Waals surface area contributed by atoms with E-state index < -0.39 is 23.7 Å². The standard InChI is InChI=1S/C21H25NO4/c1-15(22-20(24)26-21(2,3)4)19(23)25-14-16-10-12-18(13-11-16)17-8-6-5-7-9-17/h5-13,15H,14H2,1-4H3,(H,22,24). The highest BCUT2D eigenvalue weighted by Crippen LogP contribution is 2.19. The van der Waals surface area contributed by atoms with Gasteiger partial charge in [0.05, 0.1) is 0 Å². The van der Waals surface area contributed by atoms with Gasteiger partial charge < -0.3 is 14.8 Å². The average Bonchev–Trinajstić information content (AvgIpc) is 2.59. The van der Waals surface area contributed by atoms with Crippen molar-refractivity contribution in [3.8, 4) is 11.1 Å². The molecule has 1 atom stereocenters.